The summed E-state index contributed by atoms with van der Waals surface area (Å²) >= 11 is 6.51. The molecule has 0 aliphatic rings. The van der Waals surface area contributed by atoms with Crippen LogP contribution in [0.1, 0.15) is 36.8 Å². The van der Waals surface area contributed by atoms with Gasteiger partial charge in [-0.3, -0.25) is 4.79 Å². The Morgan fingerprint density at radius 1 is 1.16 bits per heavy atom. The van der Waals surface area contributed by atoms with Gasteiger partial charge >= 0.3 is 0 Å². The number of ether oxygens (including phenoxy) is 2. The van der Waals surface area contributed by atoms with E-state index in [0.717, 1.165) is 11.4 Å². The van der Waals surface area contributed by atoms with E-state index in [0.29, 0.717) is 53.3 Å². The summed E-state index contributed by atoms with van der Waals surface area (Å²) in [5.74, 6) is 1.06. The number of nitrogens with two attached hydrogens (primary N) is 1. The molecule has 0 saturated heterocycles. The monoisotopic (exact) mass is 541 g/mol. The fourth-order valence-corrected chi connectivity index (χ4v) is 3.80. The van der Waals surface area contributed by atoms with E-state index in [9.17, 15) is 4.79 Å². The first-order valence-electron chi connectivity index (χ1n) is 12.4. The maximum Gasteiger partial charge on any atom is 0.251 e. The van der Waals surface area contributed by atoms with E-state index >= 15 is 0 Å². The number of hydrogen-bond acceptors (Lipinski definition) is 6. The molecule has 2 aromatic carbocycles. The number of aliphatic hydroxyl groups excluding tert-OH is 1. The van der Waals surface area contributed by atoms with Crippen molar-refractivity contribution >= 4 is 34.7 Å². The number of halogens is 1. The number of carbonyl (C=O) groups is 1. The molecule has 38 heavy (non-hydrogen) atoms. The first kappa shape index (κ1) is 29.0. The van der Waals surface area contributed by atoms with Crippen LogP contribution in [0.5, 0.6) is 11.5 Å². The van der Waals surface area contributed by atoms with Crippen molar-refractivity contribution in [3.05, 3.63) is 71.0 Å². The molecule has 0 atom stereocenters. The quantitative estimate of drug-likeness (QED) is 0.148. The zero-order valence-corrected chi connectivity index (χ0v) is 23.0. The smallest absolute Gasteiger partial charge is 0.251 e. The van der Waals surface area contributed by atoms with Crippen molar-refractivity contribution in [2.45, 2.75) is 27.3 Å². The van der Waals surface area contributed by atoms with Crippen LogP contribution >= 0.6 is 11.6 Å². The molecule has 0 saturated carbocycles. The number of aliphatic hydroxyl groups is 1. The second kappa shape index (κ2) is 13.3. The molecule has 0 aliphatic carbocycles. The van der Waals surface area contributed by atoms with E-state index in [2.05, 4.69) is 36.4 Å². The minimum Gasteiger partial charge on any atom is -0.456 e. The van der Waals surface area contributed by atoms with Crippen LogP contribution in [-0.2, 0) is 11.3 Å². The third-order valence-corrected chi connectivity index (χ3v) is 5.75. The number of rotatable bonds is 12. The normalized spacial score (nSPS) is 11.9. The third-order valence-electron chi connectivity index (χ3n) is 5.46. The molecule has 5 N–H and O–H groups in total. The Balaban J connectivity index is 1.74. The van der Waals surface area contributed by atoms with Crippen LogP contribution in [-0.4, -0.2) is 54.8 Å². The third kappa shape index (κ3) is 8.24. The van der Waals surface area contributed by atoms with Crippen molar-refractivity contribution < 1.29 is 19.4 Å². The number of nitrogens with one attached hydrogen (secondary N) is 2. The molecule has 0 radical (unpaired) electrons. The van der Waals surface area contributed by atoms with Crippen LogP contribution in [0.2, 0.25) is 5.02 Å². The average molecular weight is 542 g/mol. The highest BCUT2D eigenvalue weighted by Crippen LogP contribution is 2.33. The van der Waals surface area contributed by atoms with Gasteiger partial charge in [0.1, 0.15) is 23.0 Å². The highest BCUT2D eigenvalue weighted by atomic mass is 35.5. The minimum atomic E-state index is -0.165. The second-order valence-corrected chi connectivity index (χ2v) is 10.2. The van der Waals surface area contributed by atoms with Gasteiger partial charge in [0.15, 0.2) is 0 Å². The van der Waals surface area contributed by atoms with Gasteiger partial charge in [-0.2, -0.15) is 0 Å². The van der Waals surface area contributed by atoms with E-state index in [-0.39, 0.29) is 24.5 Å². The van der Waals surface area contributed by atoms with Crippen molar-refractivity contribution in [2.75, 3.05) is 38.7 Å². The van der Waals surface area contributed by atoms with Gasteiger partial charge in [0.05, 0.1) is 36.2 Å². The lowest BCUT2D eigenvalue weighted by atomic mass is 9.97. The fraction of sp³-hybridized carbons (Fsp3) is 0.357. The van der Waals surface area contributed by atoms with Gasteiger partial charge in [-0.05, 0) is 47.9 Å². The number of benzene rings is 2. The lowest BCUT2D eigenvalue weighted by Crippen LogP contribution is -2.32. The topological polar surface area (TPSA) is 123 Å². The van der Waals surface area contributed by atoms with Gasteiger partial charge in [0, 0.05) is 31.9 Å². The Kier molecular flexibility index (Phi) is 10.2. The summed E-state index contributed by atoms with van der Waals surface area (Å²) in [7, 11) is 1.81. The summed E-state index contributed by atoms with van der Waals surface area (Å²) in [6, 6.07) is 14.0. The molecule has 10 heteroatoms. The molecule has 1 aromatic heterocycles. The molecule has 0 spiro atoms. The van der Waals surface area contributed by atoms with E-state index in [1.54, 1.807) is 42.5 Å². The Bertz CT molecular complexity index is 1270. The van der Waals surface area contributed by atoms with Crippen LogP contribution in [0.25, 0.3) is 0 Å². The number of nitrogens with zero attached hydrogens (tertiary/aromatic N) is 2. The minimum absolute atomic E-state index is 0.0165. The fourth-order valence-electron chi connectivity index (χ4n) is 3.58. The molecule has 0 bridgehead atoms. The van der Waals surface area contributed by atoms with Crippen molar-refractivity contribution in [3.63, 3.8) is 0 Å². The number of amidine groups is 1. The summed E-state index contributed by atoms with van der Waals surface area (Å²) in [4.78, 5) is 17.1. The molecule has 0 fully saturated rings. The van der Waals surface area contributed by atoms with Crippen LogP contribution in [0.4, 0.5) is 11.4 Å². The second-order valence-electron chi connectivity index (χ2n) is 9.84. The molecule has 204 valence electrons. The summed E-state index contributed by atoms with van der Waals surface area (Å²) in [5.41, 5.74) is 8.97. The van der Waals surface area contributed by atoms with Crippen LogP contribution in [0.15, 0.2) is 59.7 Å². The van der Waals surface area contributed by atoms with Crippen LogP contribution in [0.3, 0.4) is 0 Å². The highest BCUT2D eigenvalue weighted by molar-refractivity contribution is 6.32. The number of anilines is 1. The SMILES string of the molecule is CNc1ccn(CCOCCO)c1C(N)=Nc1ccc(Oc2cccc(C(=O)NCC(C)(C)C)c2)c(Cl)c1. The molecule has 0 aliphatic heterocycles. The highest BCUT2D eigenvalue weighted by Gasteiger charge is 2.15. The summed E-state index contributed by atoms with van der Waals surface area (Å²) < 4.78 is 13.3. The molecule has 0 unspecified atom stereocenters. The van der Waals surface area contributed by atoms with Crippen LogP contribution in [0, 0.1) is 5.41 Å². The van der Waals surface area contributed by atoms with Crippen molar-refractivity contribution in [1.29, 1.82) is 0 Å². The first-order valence-corrected chi connectivity index (χ1v) is 12.7. The van der Waals surface area contributed by atoms with E-state index in [4.69, 9.17) is 31.9 Å². The van der Waals surface area contributed by atoms with Crippen molar-refractivity contribution in [3.8, 4) is 11.5 Å². The first-order chi connectivity index (χ1) is 18.1. The molecule has 3 rings (SSSR count). The molecule has 9 nitrogen and oxygen atoms in total. The average Bonchev–Trinajstić information content (AvgIpc) is 3.29. The maximum absolute atomic E-state index is 12.5. The van der Waals surface area contributed by atoms with Gasteiger partial charge in [-0.25, -0.2) is 4.99 Å². The maximum atomic E-state index is 12.5. The molecule has 1 heterocycles. The van der Waals surface area contributed by atoms with Crippen molar-refractivity contribution in [2.24, 2.45) is 16.1 Å². The number of aromatic nitrogens is 1. The lowest BCUT2D eigenvalue weighted by Gasteiger charge is -2.18. The summed E-state index contributed by atoms with van der Waals surface area (Å²) in [6.45, 7) is 7.97. The Hall–Kier alpha value is -3.53. The van der Waals surface area contributed by atoms with Gasteiger partial charge in [0.25, 0.3) is 5.91 Å². The number of amides is 1. The Morgan fingerprint density at radius 3 is 2.63 bits per heavy atom. The zero-order chi connectivity index (χ0) is 27.7. The Morgan fingerprint density at radius 2 is 1.95 bits per heavy atom. The number of carbonyl (C=O) groups excluding carboxylic acids is 1. The lowest BCUT2D eigenvalue weighted by molar-refractivity contribution is 0.0870. The van der Waals surface area contributed by atoms with Crippen molar-refractivity contribution in [1.82, 2.24) is 9.88 Å². The summed E-state index contributed by atoms with van der Waals surface area (Å²) in [5, 5.41) is 15.3. The predicted octanol–water partition coefficient (Wildman–Crippen LogP) is 4.80. The molecule has 3 aromatic rings. The molecular weight excluding hydrogens is 506 g/mol. The Labute approximate surface area is 228 Å². The van der Waals surface area contributed by atoms with Gasteiger partial charge < -0.3 is 35.5 Å². The predicted molar refractivity (Wildman–Crippen MR) is 152 cm³/mol. The van der Waals surface area contributed by atoms with E-state index in [1.807, 2.05) is 23.9 Å². The van der Waals surface area contributed by atoms with E-state index < -0.39 is 0 Å². The van der Waals surface area contributed by atoms with Gasteiger partial charge in [-0.1, -0.05) is 38.4 Å². The van der Waals surface area contributed by atoms with E-state index in [1.165, 1.54) is 0 Å². The molecule has 1 amide bonds. The van der Waals surface area contributed by atoms with Gasteiger partial charge in [0.2, 0.25) is 0 Å². The zero-order valence-electron chi connectivity index (χ0n) is 22.3. The van der Waals surface area contributed by atoms with Crippen LogP contribution < -0.4 is 21.1 Å². The number of aliphatic imine (C=N–C) groups is 1. The molecular formula is C28H36ClN5O4. The standard InChI is InChI=1S/C28H36ClN5O4/c1-28(2,3)18-32-27(36)19-6-5-7-21(16-19)38-24-9-8-20(17-22(24)29)33-26(30)25-23(31-4)10-11-34(25)12-14-37-15-13-35/h5-11,16-17,31,35H,12-15,18H2,1-4H3,(H2,30,33)(H,32,36). The number of hydrogen-bond donors (Lipinski definition) is 4. The van der Waals surface area contributed by atoms with Gasteiger partial charge in [-0.15, -0.1) is 0 Å². The summed E-state index contributed by atoms with van der Waals surface area (Å²) in [6.07, 6.45) is 1.90. The largest absolute Gasteiger partial charge is 0.456 e.